The molecule has 25 heavy (non-hydrogen) atoms. The van der Waals surface area contributed by atoms with E-state index >= 15 is 0 Å². The number of benzene rings is 2. The second kappa shape index (κ2) is 7.14. The van der Waals surface area contributed by atoms with Crippen molar-refractivity contribution in [1.82, 2.24) is 0 Å². The summed E-state index contributed by atoms with van der Waals surface area (Å²) in [4.78, 5) is 24.0. The number of rotatable bonds is 3. The molecule has 2 N–H and O–H groups in total. The minimum Gasteiger partial charge on any atom is -0.482 e. The number of fused-ring (bicyclic) bond motifs is 1. The number of hydrogen-bond acceptors (Lipinski definition) is 4. The fourth-order valence-corrected chi connectivity index (χ4v) is 2.89. The fraction of sp³-hybridized carbons (Fsp3) is 0.222. The van der Waals surface area contributed by atoms with E-state index < -0.39 is 12.2 Å². The van der Waals surface area contributed by atoms with Gasteiger partial charge < -0.3 is 20.1 Å². The number of halogens is 1. The standard InChI is InChI=1S/C18H17BrN2O4/c1-10-17(25-16-6-4-3-5-15(16)24-10)18(23)21-14-9-12(19)7-8-13(14)20-11(2)22/h3-10,17H,1-2H3,(H,20,22)(H,21,23). The Morgan fingerprint density at radius 3 is 2.36 bits per heavy atom. The van der Waals surface area contributed by atoms with Crippen LogP contribution in [0, 0.1) is 0 Å². The van der Waals surface area contributed by atoms with Crippen molar-refractivity contribution in [2.24, 2.45) is 0 Å². The highest BCUT2D eigenvalue weighted by Gasteiger charge is 2.34. The molecule has 2 unspecified atom stereocenters. The van der Waals surface area contributed by atoms with E-state index in [-0.39, 0.29) is 11.8 Å². The summed E-state index contributed by atoms with van der Waals surface area (Å²) in [5, 5.41) is 5.49. The van der Waals surface area contributed by atoms with E-state index in [0.717, 1.165) is 4.47 Å². The minimum absolute atomic E-state index is 0.225. The molecule has 2 aromatic carbocycles. The molecule has 7 heteroatoms. The molecule has 0 saturated carbocycles. The van der Waals surface area contributed by atoms with Crippen LogP contribution in [-0.4, -0.2) is 24.0 Å². The molecule has 2 atom stereocenters. The first-order valence-electron chi connectivity index (χ1n) is 7.74. The van der Waals surface area contributed by atoms with Crippen LogP contribution in [0.4, 0.5) is 11.4 Å². The van der Waals surface area contributed by atoms with Crippen molar-refractivity contribution < 1.29 is 19.1 Å². The molecule has 1 aliphatic rings. The van der Waals surface area contributed by atoms with Crippen molar-refractivity contribution >= 4 is 39.1 Å². The summed E-state index contributed by atoms with van der Waals surface area (Å²) in [6.07, 6.45) is -1.26. The van der Waals surface area contributed by atoms with Crippen LogP contribution in [0.2, 0.25) is 0 Å². The Balaban J connectivity index is 1.81. The van der Waals surface area contributed by atoms with Crippen molar-refractivity contribution in [1.29, 1.82) is 0 Å². The normalized spacial score (nSPS) is 18.4. The van der Waals surface area contributed by atoms with E-state index in [1.807, 2.05) is 12.1 Å². The maximum atomic E-state index is 12.7. The van der Waals surface area contributed by atoms with Gasteiger partial charge in [0.2, 0.25) is 12.0 Å². The molecule has 2 aromatic rings. The van der Waals surface area contributed by atoms with E-state index in [0.29, 0.717) is 22.9 Å². The molecule has 0 saturated heterocycles. The maximum Gasteiger partial charge on any atom is 0.269 e. The molecule has 0 aliphatic carbocycles. The van der Waals surface area contributed by atoms with E-state index in [4.69, 9.17) is 9.47 Å². The highest BCUT2D eigenvalue weighted by molar-refractivity contribution is 9.10. The molecule has 6 nitrogen and oxygen atoms in total. The lowest BCUT2D eigenvalue weighted by Gasteiger charge is -2.31. The predicted molar refractivity (Wildman–Crippen MR) is 98.0 cm³/mol. The van der Waals surface area contributed by atoms with Gasteiger partial charge in [0, 0.05) is 11.4 Å². The number of hydrogen-bond donors (Lipinski definition) is 2. The number of carbonyl (C=O) groups excluding carboxylic acids is 2. The van der Waals surface area contributed by atoms with Crippen LogP contribution in [0.5, 0.6) is 11.5 Å². The van der Waals surface area contributed by atoms with Gasteiger partial charge in [0.15, 0.2) is 11.5 Å². The Bertz CT molecular complexity index is 824. The second-order valence-electron chi connectivity index (χ2n) is 5.67. The van der Waals surface area contributed by atoms with E-state index in [2.05, 4.69) is 26.6 Å². The van der Waals surface area contributed by atoms with Gasteiger partial charge in [0.05, 0.1) is 11.4 Å². The monoisotopic (exact) mass is 404 g/mol. The Hall–Kier alpha value is -2.54. The molecule has 0 aromatic heterocycles. The molecular weight excluding hydrogens is 388 g/mol. The quantitative estimate of drug-likeness (QED) is 0.819. The molecule has 0 radical (unpaired) electrons. The van der Waals surface area contributed by atoms with Gasteiger partial charge in [0.1, 0.15) is 6.10 Å². The fourth-order valence-electron chi connectivity index (χ4n) is 2.53. The van der Waals surface area contributed by atoms with Crippen LogP contribution in [0.15, 0.2) is 46.9 Å². The average molecular weight is 405 g/mol. The average Bonchev–Trinajstić information content (AvgIpc) is 2.56. The van der Waals surface area contributed by atoms with Gasteiger partial charge in [-0.1, -0.05) is 28.1 Å². The molecule has 1 heterocycles. The summed E-state index contributed by atoms with van der Waals surface area (Å²) >= 11 is 3.36. The summed E-state index contributed by atoms with van der Waals surface area (Å²) in [5.74, 6) is 0.557. The number of nitrogens with one attached hydrogen (secondary N) is 2. The Kier molecular flexibility index (Phi) is 4.94. The molecule has 2 amide bonds. The number of carbonyl (C=O) groups is 2. The zero-order chi connectivity index (χ0) is 18.0. The molecular formula is C18H17BrN2O4. The van der Waals surface area contributed by atoms with E-state index in [1.165, 1.54) is 6.92 Å². The first kappa shape index (κ1) is 17.3. The van der Waals surface area contributed by atoms with E-state index in [9.17, 15) is 9.59 Å². The first-order valence-corrected chi connectivity index (χ1v) is 8.53. The summed E-state index contributed by atoms with van der Waals surface area (Å²) in [5.41, 5.74) is 0.984. The second-order valence-corrected chi connectivity index (χ2v) is 6.58. The molecule has 1 aliphatic heterocycles. The van der Waals surface area contributed by atoms with Gasteiger partial charge in [-0.05, 0) is 37.3 Å². The molecule has 0 bridgehead atoms. The SMILES string of the molecule is CC(=O)Nc1ccc(Br)cc1NC(=O)C1Oc2ccccc2OC1C. The van der Waals surface area contributed by atoms with Gasteiger partial charge in [-0.3, -0.25) is 9.59 Å². The lowest BCUT2D eigenvalue weighted by atomic mass is 10.1. The third-order valence-electron chi connectivity index (χ3n) is 3.65. The zero-order valence-corrected chi connectivity index (χ0v) is 15.3. The van der Waals surface area contributed by atoms with Crippen molar-refractivity contribution in [2.75, 3.05) is 10.6 Å². The predicted octanol–water partition coefficient (Wildman–Crippen LogP) is 3.57. The smallest absolute Gasteiger partial charge is 0.269 e. The van der Waals surface area contributed by atoms with Crippen molar-refractivity contribution in [3.8, 4) is 11.5 Å². The van der Waals surface area contributed by atoms with Gasteiger partial charge >= 0.3 is 0 Å². The minimum atomic E-state index is -0.806. The summed E-state index contributed by atoms with van der Waals surface area (Å²) < 4.78 is 12.3. The highest BCUT2D eigenvalue weighted by Crippen LogP contribution is 2.34. The van der Waals surface area contributed by atoms with Crippen molar-refractivity contribution in [3.05, 3.63) is 46.9 Å². The molecule has 0 fully saturated rings. The third kappa shape index (κ3) is 3.93. The summed E-state index contributed by atoms with van der Waals surface area (Å²) in [7, 11) is 0. The number of amides is 2. The van der Waals surface area contributed by atoms with Crippen LogP contribution in [0.1, 0.15) is 13.8 Å². The first-order chi connectivity index (χ1) is 11.9. The van der Waals surface area contributed by atoms with Crippen LogP contribution in [0.3, 0.4) is 0 Å². The number of anilines is 2. The van der Waals surface area contributed by atoms with Gasteiger partial charge in [-0.2, -0.15) is 0 Å². The molecule has 0 spiro atoms. The van der Waals surface area contributed by atoms with Crippen LogP contribution in [-0.2, 0) is 9.59 Å². The largest absolute Gasteiger partial charge is 0.482 e. The van der Waals surface area contributed by atoms with Gasteiger partial charge in [-0.15, -0.1) is 0 Å². The topological polar surface area (TPSA) is 76.7 Å². The Morgan fingerprint density at radius 2 is 1.68 bits per heavy atom. The summed E-state index contributed by atoms with van der Waals surface area (Å²) in [6, 6.07) is 12.4. The Morgan fingerprint density at radius 1 is 1.00 bits per heavy atom. The summed E-state index contributed by atoms with van der Waals surface area (Å²) in [6.45, 7) is 3.18. The lowest BCUT2D eigenvalue weighted by molar-refractivity contribution is -0.128. The highest BCUT2D eigenvalue weighted by atomic mass is 79.9. The van der Waals surface area contributed by atoms with Crippen LogP contribution in [0.25, 0.3) is 0 Å². The molecule has 3 rings (SSSR count). The third-order valence-corrected chi connectivity index (χ3v) is 4.14. The zero-order valence-electron chi connectivity index (χ0n) is 13.7. The van der Waals surface area contributed by atoms with Crippen LogP contribution < -0.4 is 20.1 Å². The van der Waals surface area contributed by atoms with Crippen LogP contribution >= 0.6 is 15.9 Å². The molecule has 130 valence electrons. The van der Waals surface area contributed by atoms with E-state index in [1.54, 1.807) is 37.3 Å². The number of para-hydroxylation sites is 2. The lowest BCUT2D eigenvalue weighted by Crippen LogP contribution is -2.46. The maximum absolute atomic E-state index is 12.7. The van der Waals surface area contributed by atoms with Crippen molar-refractivity contribution in [3.63, 3.8) is 0 Å². The number of ether oxygens (including phenoxy) is 2. The Labute approximate surface area is 153 Å². The van der Waals surface area contributed by atoms with Crippen molar-refractivity contribution in [2.45, 2.75) is 26.1 Å². The van der Waals surface area contributed by atoms with Gasteiger partial charge in [0.25, 0.3) is 5.91 Å². The van der Waals surface area contributed by atoms with Gasteiger partial charge in [-0.25, -0.2) is 0 Å².